The SMILES string of the molecule is CCC1CCCCN1c1ccc(NC(=O)C2CCC2)nc1. The van der Waals surface area contributed by atoms with Gasteiger partial charge in [0.25, 0.3) is 0 Å². The van der Waals surface area contributed by atoms with E-state index in [1.165, 1.54) is 37.8 Å². The summed E-state index contributed by atoms with van der Waals surface area (Å²) >= 11 is 0. The third-order valence-corrected chi connectivity index (χ3v) is 4.91. The summed E-state index contributed by atoms with van der Waals surface area (Å²) in [6, 6.07) is 4.67. The van der Waals surface area contributed by atoms with Crippen molar-refractivity contribution < 1.29 is 4.79 Å². The molecule has 1 saturated heterocycles. The predicted molar refractivity (Wildman–Crippen MR) is 85.5 cm³/mol. The van der Waals surface area contributed by atoms with Gasteiger partial charge in [0.15, 0.2) is 0 Å². The molecule has 3 rings (SSSR count). The number of carbonyl (C=O) groups excluding carboxylic acids is 1. The van der Waals surface area contributed by atoms with E-state index in [1.807, 2.05) is 12.3 Å². The Balaban J connectivity index is 1.64. The fourth-order valence-corrected chi connectivity index (χ4v) is 3.29. The Hall–Kier alpha value is -1.58. The van der Waals surface area contributed by atoms with Crippen LogP contribution in [0.5, 0.6) is 0 Å². The van der Waals surface area contributed by atoms with Crippen molar-refractivity contribution in [3.63, 3.8) is 0 Å². The molecule has 1 unspecified atom stereocenters. The molecule has 2 fully saturated rings. The lowest BCUT2D eigenvalue weighted by Crippen LogP contribution is -2.39. The highest BCUT2D eigenvalue weighted by atomic mass is 16.2. The first-order valence-corrected chi connectivity index (χ1v) is 8.31. The van der Waals surface area contributed by atoms with Gasteiger partial charge in [0, 0.05) is 18.5 Å². The van der Waals surface area contributed by atoms with Crippen LogP contribution in [0.1, 0.15) is 51.9 Å². The summed E-state index contributed by atoms with van der Waals surface area (Å²) in [6.07, 6.45) is 10.2. The van der Waals surface area contributed by atoms with Crippen molar-refractivity contribution in [2.45, 2.75) is 57.9 Å². The lowest BCUT2D eigenvalue weighted by atomic mass is 9.85. The summed E-state index contributed by atoms with van der Waals surface area (Å²) in [7, 11) is 0. The molecule has 1 aromatic rings. The summed E-state index contributed by atoms with van der Waals surface area (Å²) in [6.45, 7) is 3.37. The van der Waals surface area contributed by atoms with Crippen LogP contribution in [0.25, 0.3) is 0 Å². The van der Waals surface area contributed by atoms with Gasteiger partial charge in [0.2, 0.25) is 5.91 Å². The maximum absolute atomic E-state index is 11.9. The summed E-state index contributed by atoms with van der Waals surface area (Å²) < 4.78 is 0. The van der Waals surface area contributed by atoms with E-state index < -0.39 is 0 Å². The molecule has 1 amide bonds. The molecule has 1 atom stereocenters. The first kappa shape index (κ1) is 14.4. The third kappa shape index (κ3) is 3.20. The molecule has 4 heteroatoms. The fourth-order valence-electron chi connectivity index (χ4n) is 3.29. The molecule has 2 heterocycles. The van der Waals surface area contributed by atoms with Crippen molar-refractivity contribution in [3.8, 4) is 0 Å². The second kappa shape index (κ2) is 6.46. The number of anilines is 2. The second-order valence-corrected chi connectivity index (χ2v) is 6.27. The minimum absolute atomic E-state index is 0.130. The van der Waals surface area contributed by atoms with Crippen molar-refractivity contribution in [3.05, 3.63) is 18.3 Å². The Morgan fingerprint density at radius 1 is 1.29 bits per heavy atom. The minimum Gasteiger partial charge on any atom is -0.367 e. The number of amides is 1. The van der Waals surface area contributed by atoms with E-state index >= 15 is 0 Å². The molecular formula is C17H25N3O. The second-order valence-electron chi connectivity index (χ2n) is 6.27. The molecule has 1 aliphatic heterocycles. The van der Waals surface area contributed by atoms with Crippen molar-refractivity contribution in [2.24, 2.45) is 5.92 Å². The lowest BCUT2D eigenvalue weighted by Gasteiger charge is -2.37. The summed E-state index contributed by atoms with van der Waals surface area (Å²) in [5.74, 6) is 1.02. The van der Waals surface area contributed by atoms with Crippen molar-refractivity contribution >= 4 is 17.4 Å². The molecule has 1 N–H and O–H groups in total. The largest absolute Gasteiger partial charge is 0.367 e. The van der Waals surface area contributed by atoms with Gasteiger partial charge in [0.1, 0.15) is 5.82 Å². The molecular weight excluding hydrogens is 262 g/mol. The summed E-state index contributed by atoms with van der Waals surface area (Å²) in [5, 5.41) is 2.93. The van der Waals surface area contributed by atoms with Gasteiger partial charge in [-0.2, -0.15) is 0 Å². The normalized spacial score (nSPS) is 22.7. The smallest absolute Gasteiger partial charge is 0.228 e. The average Bonchev–Trinajstić information content (AvgIpc) is 2.46. The number of carbonyl (C=O) groups is 1. The Labute approximate surface area is 126 Å². The van der Waals surface area contributed by atoms with Gasteiger partial charge in [0.05, 0.1) is 11.9 Å². The first-order valence-electron chi connectivity index (χ1n) is 8.31. The Morgan fingerprint density at radius 2 is 2.14 bits per heavy atom. The van der Waals surface area contributed by atoms with E-state index in [4.69, 9.17) is 0 Å². The van der Waals surface area contributed by atoms with Crippen LogP contribution in [0.2, 0.25) is 0 Å². The number of nitrogens with zero attached hydrogens (tertiary/aromatic N) is 2. The predicted octanol–water partition coefficient (Wildman–Crippen LogP) is 3.59. The maximum Gasteiger partial charge on any atom is 0.228 e. The average molecular weight is 287 g/mol. The van der Waals surface area contributed by atoms with Crippen LogP contribution in [0.4, 0.5) is 11.5 Å². The fraction of sp³-hybridized carbons (Fsp3) is 0.647. The van der Waals surface area contributed by atoms with Crippen LogP contribution in [0.3, 0.4) is 0 Å². The van der Waals surface area contributed by atoms with Gasteiger partial charge in [-0.25, -0.2) is 4.98 Å². The lowest BCUT2D eigenvalue weighted by molar-refractivity contribution is -0.122. The van der Waals surface area contributed by atoms with Crippen LogP contribution in [-0.2, 0) is 4.79 Å². The number of hydrogen-bond donors (Lipinski definition) is 1. The van der Waals surface area contributed by atoms with Crippen molar-refractivity contribution in [1.82, 2.24) is 4.98 Å². The van der Waals surface area contributed by atoms with Gasteiger partial charge >= 0.3 is 0 Å². The minimum atomic E-state index is 0.130. The molecule has 0 aromatic carbocycles. The zero-order chi connectivity index (χ0) is 14.7. The molecule has 21 heavy (non-hydrogen) atoms. The zero-order valence-corrected chi connectivity index (χ0v) is 12.8. The molecule has 1 aliphatic carbocycles. The highest BCUT2D eigenvalue weighted by Crippen LogP contribution is 2.28. The van der Waals surface area contributed by atoms with Crippen LogP contribution in [0.15, 0.2) is 18.3 Å². The zero-order valence-electron chi connectivity index (χ0n) is 12.8. The Kier molecular flexibility index (Phi) is 4.42. The summed E-state index contributed by atoms with van der Waals surface area (Å²) in [4.78, 5) is 18.8. The standard InChI is InChI=1S/C17H25N3O/c1-2-14-8-3-4-11-20(14)15-9-10-16(18-12-15)19-17(21)13-6-5-7-13/h9-10,12-14H,2-8,11H2,1H3,(H,18,19,21). The van der Waals surface area contributed by atoms with Gasteiger partial charge in [-0.3, -0.25) is 4.79 Å². The number of rotatable bonds is 4. The van der Waals surface area contributed by atoms with E-state index in [0.29, 0.717) is 11.9 Å². The molecule has 1 aromatic heterocycles. The van der Waals surface area contributed by atoms with Crippen LogP contribution >= 0.6 is 0 Å². The number of hydrogen-bond acceptors (Lipinski definition) is 3. The van der Waals surface area contributed by atoms with Gasteiger partial charge in [-0.05, 0) is 50.7 Å². The van der Waals surface area contributed by atoms with Crippen LogP contribution < -0.4 is 10.2 Å². The molecule has 1 saturated carbocycles. The molecule has 4 nitrogen and oxygen atoms in total. The highest BCUT2D eigenvalue weighted by Gasteiger charge is 2.25. The van der Waals surface area contributed by atoms with Gasteiger partial charge < -0.3 is 10.2 Å². The van der Waals surface area contributed by atoms with Crippen molar-refractivity contribution in [1.29, 1.82) is 0 Å². The van der Waals surface area contributed by atoms with Crippen LogP contribution in [-0.4, -0.2) is 23.5 Å². The summed E-state index contributed by atoms with van der Waals surface area (Å²) in [5.41, 5.74) is 1.18. The first-order chi connectivity index (χ1) is 10.3. The topological polar surface area (TPSA) is 45.2 Å². The Morgan fingerprint density at radius 3 is 2.76 bits per heavy atom. The molecule has 0 bridgehead atoms. The number of nitrogens with one attached hydrogen (secondary N) is 1. The maximum atomic E-state index is 11.9. The quantitative estimate of drug-likeness (QED) is 0.920. The van der Waals surface area contributed by atoms with E-state index in [0.717, 1.165) is 19.4 Å². The molecule has 0 radical (unpaired) electrons. The monoisotopic (exact) mass is 287 g/mol. The van der Waals surface area contributed by atoms with Crippen LogP contribution in [0, 0.1) is 5.92 Å². The van der Waals surface area contributed by atoms with E-state index in [9.17, 15) is 4.79 Å². The van der Waals surface area contributed by atoms with Gasteiger partial charge in [-0.15, -0.1) is 0 Å². The Bertz CT molecular complexity index is 481. The molecule has 2 aliphatic rings. The van der Waals surface area contributed by atoms with Gasteiger partial charge in [-0.1, -0.05) is 13.3 Å². The number of pyridine rings is 1. The molecule has 0 spiro atoms. The van der Waals surface area contributed by atoms with E-state index in [-0.39, 0.29) is 11.8 Å². The number of aromatic nitrogens is 1. The van der Waals surface area contributed by atoms with Crippen molar-refractivity contribution in [2.75, 3.05) is 16.8 Å². The van der Waals surface area contributed by atoms with E-state index in [1.54, 1.807) is 0 Å². The molecule has 114 valence electrons. The van der Waals surface area contributed by atoms with E-state index in [2.05, 4.69) is 28.2 Å². The number of piperidine rings is 1. The highest BCUT2D eigenvalue weighted by molar-refractivity contribution is 5.92. The third-order valence-electron chi connectivity index (χ3n) is 4.91.